The van der Waals surface area contributed by atoms with E-state index in [9.17, 15) is 44.3 Å². The van der Waals surface area contributed by atoms with Crippen molar-refractivity contribution in [1.82, 2.24) is 0 Å². The molecule has 2 heterocycles. The number of anilines is 1. The Hall–Kier alpha value is -2.29. The average molecular weight is 518 g/mol. The highest BCUT2D eigenvalue weighted by molar-refractivity contribution is 8.16. The van der Waals surface area contributed by atoms with Crippen LogP contribution in [0, 0.1) is 0 Å². The van der Waals surface area contributed by atoms with Gasteiger partial charge in [0.2, 0.25) is 5.91 Å². The molecule has 3 rings (SSSR count). The van der Waals surface area contributed by atoms with Crippen molar-refractivity contribution in [1.29, 1.82) is 0 Å². The van der Waals surface area contributed by atoms with E-state index in [1.807, 2.05) is 0 Å². The summed E-state index contributed by atoms with van der Waals surface area (Å²) < 4.78 is 104. The minimum atomic E-state index is -5.12. The lowest BCUT2D eigenvalue weighted by atomic mass is 10.1. The predicted molar refractivity (Wildman–Crippen MR) is 107 cm³/mol. The van der Waals surface area contributed by atoms with Crippen molar-refractivity contribution >= 4 is 44.3 Å². The number of amidine groups is 1. The highest BCUT2D eigenvalue weighted by Gasteiger charge is 2.50. The van der Waals surface area contributed by atoms with Gasteiger partial charge in [-0.15, -0.1) is 0 Å². The molecule has 33 heavy (non-hydrogen) atoms. The smallest absolute Gasteiger partial charge is 0.416 e. The van der Waals surface area contributed by atoms with Crippen molar-refractivity contribution < 1.29 is 49.5 Å². The maximum absolute atomic E-state index is 13.3. The third kappa shape index (κ3) is 5.99. The number of carboxylic acids is 1. The van der Waals surface area contributed by atoms with Gasteiger partial charge in [-0.3, -0.25) is 9.59 Å². The molecule has 182 valence electrons. The fourth-order valence-corrected chi connectivity index (χ4v) is 7.43. The zero-order valence-corrected chi connectivity index (χ0v) is 18.1. The van der Waals surface area contributed by atoms with Crippen LogP contribution in [0.25, 0.3) is 0 Å². The molecule has 2 aliphatic rings. The van der Waals surface area contributed by atoms with Crippen molar-refractivity contribution in [3.8, 4) is 0 Å². The van der Waals surface area contributed by atoms with Gasteiger partial charge < -0.3 is 10.0 Å². The summed E-state index contributed by atoms with van der Waals surface area (Å²) in [6.45, 7) is 0. The van der Waals surface area contributed by atoms with Gasteiger partial charge in [0.05, 0.1) is 28.7 Å². The number of hydrogen-bond donors (Lipinski definition) is 1. The van der Waals surface area contributed by atoms with Crippen LogP contribution in [0.15, 0.2) is 23.2 Å². The first-order valence-electron chi connectivity index (χ1n) is 9.36. The van der Waals surface area contributed by atoms with E-state index in [2.05, 4.69) is 4.99 Å². The fraction of sp³-hybridized carbons (Fsp3) is 0.500. The van der Waals surface area contributed by atoms with Gasteiger partial charge in [-0.2, -0.15) is 31.3 Å². The van der Waals surface area contributed by atoms with E-state index < -0.39 is 67.9 Å². The number of carbonyl (C=O) groups is 2. The summed E-state index contributed by atoms with van der Waals surface area (Å²) in [5.74, 6) is -2.89. The highest BCUT2D eigenvalue weighted by Crippen LogP contribution is 2.44. The number of carboxylic acid groups (broad SMARTS) is 1. The van der Waals surface area contributed by atoms with Crippen LogP contribution in [0.5, 0.6) is 0 Å². The standard InChI is InChI=1S/C18H16F6N2O5S2/c19-17(20,21)9-4-10(18(22,23)24)6-11(5-9)26-12-7-33(30,31)8-13(12)32-16(26)25-14(27)2-1-3-15(28)29/h4-6,12-13H,1-3,7-8H2,(H,28,29)/t12-,13+/m0/s1. The Bertz CT molecular complexity index is 1070. The lowest BCUT2D eigenvalue weighted by molar-refractivity contribution is -0.143. The Morgan fingerprint density at radius 1 is 1.03 bits per heavy atom. The first-order valence-corrected chi connectivity index (χ1v) is 12.1. The second kappa shape index (κ2) is 8.81. The van der Waals surface area contributed by atoms with E-state index in [4.69, 9.17) is 5.11 Å². The third-order valence-corrected chi connectivity index (χ3v) is 8.13. The van der Waals surface area contributed by atoms with Crippen LogP contribution in [-0.4, -0.2) is 53.4 Å². The molecule has 0 aromatic heterocycles. The van der Waals surface area contributed by atoms with Gasteiger partial charge in [0.15, 0.2) is 15.0 Å². The molecule has 0 aliphatic carbocycles. The van der Waals surface area contributed by atoms with Crippen LogP contribution in [0.2, 0.25) is 0 Å². The van der Waals surface area contributed by atoms with Crippen LogP contribution in [0.1, 0.15) is 30.4 Å². The van der Waals surface area contributed by atoms with Crippen molar-refractivity contribution in [2.24, 2.45) is 4.99 Å². The van der Waals surface area contributed by atoms with Gasteiger partial charge in [0.25, 0.3) is 0 Å². The van der Waals surface area contributed by atoms with E-state index in [0.29, 0.717) is 12.1 Å². The SMILES string of the molecule is O=C(O)CCCC(=O)N=C1S[C@@H]2CS(=O)(=O)C[C@@H]2N1c1cc(C(F)(F)F)cc(C(F)(F)F)c1. The van der Waals surface area contributed by atoms with Crippen molar-refractivity contribution in [2.45, 2.75) is 42.9 Å². The Morgan fingerprint density at radius 3 is 2.12 bits per heavy atom. The Balaban J connectivity index is 2.06. The minimum absolute atomic E-state index is 0.0521. The number of rotatable bonds is 5. The summed E-state index contributed by atoms with van der Waals surface area (Å²) >= 11 is 0.778. The molecule has 0 saturated carbocycles. The molecule has 1 N–H and O–H groups in total. The molecule has 2 atom stereocenters. The molecule has 0 bridgehead atoms. The number of thioether (sulfide) groups is 1. The lowest BCUT2D eigenvalue weighted by Crippen LogP contribution is -2.38. The zero-order valence-electron chi connectivity index (χ0n) is 16.5. The van der Waals surface area contributed by atoms with E-state index in [-0.39, 0.29) is 36.2 Å². The van der Waals surface area contributed by atoms with Gasteiger partial charge in [0.1, 0.15) is 0 Å². The first kappa shape index (κ1) is 25.3. The Labute approximate surface area is 187 Å². The largest absolute Gasteiger partial charge is 0.481 e. The maximum Gasteiger partial charge on any atom is 0.416 e. The van der Waals surface area contributed by atoms with Crippen LogP contribution < -0.4 is 4.90 Å². The number of fused-ring (bicyclic) bond motifs is 1. The van der Waals surface area contributed by atoms with E-state index >= 15 is 0 Å². The van der Waals surface area contributed by atoms with Crippen molar-refractivity contribution in [2.75, 3.05) is 16.4 Å². The number of aliphatic carboxylic acids is 1. The summed E-state index contributed by atoms with van der Waals surface area (Å²) in [6, 6.07) is -0.167. The fourth-order valence-electron chi connectivity index (χ4n) is 3.50. The normalized spacial score (nSPS) is 23.7. The third-order valence-electron chi connectivity index (χ3n) is 4.92. The topological polar surface area (TPSA) is 104 Å². The van der Waals surface area contributed by atoms with Crippen molar-refractivity contribution in [3.63, 3.8) is 0 Å². The van der Waals surface area contributed by atoms with Crippen LogP contribution in [0.4, 0.5) is 32.0 Å². The van der Waals surface area contributed by atoms with E-state index in [1.165, 1.54) is 0 Å². The number of halogens is 6. The Morgan fingerprint density at radius 2 is 1.61 bits per heavy atom. The van der Waals surface area contributed by atoms with Gasteiger partial charge in [-0.25, -0.2) is 8.42 Å². The number of aliphatic imine (C=N–C) groups is 1. The molecule has 0 radical (unpaired) electrons. The minimum Gasteiger partial charge on any atom is -0.481 e. The average Bonchev–Trinajstić information content (AvgIpc) is 3.10. The van der Waals surface area contributed by atoms with E-state index in [0.717, 1.165) is 16.7 Å². The molecule has 1 aromatic rings. The molecule has 0 unspecified atom stereocenters. The number of amides is 1. The maximum atomic E-state index is 13.3. The molecular formula is C18H16F6N2O5S2. The number of hydrogen-bond acceptors (Lipinski definition) is 5. The van der Waals surface area contributed by atoms with Gasteiger partial charge >= 0.3 is 18.3 Å². The predicted octanol–water partition coefficient (Wildman–Crippen LogP) is 3.58. The Kier molecular flexibility index (Phi) is 6.77. The number of alkyl halides is 6. The number of carbonyl (C=O) groups excluding carboxylic acids is 1. The lowest BCUT2D eigenvalue weighted by Gasteiger charge is -2.26. The summed E-state index contributed by atoms with van der Waals surface area (Å²) in [5, 5.41) is 7.67. The molecule has 0 spiro atoms. The second-order valence-electron chi connectivity index (χ2n) is 7.47. The molecule has 2 fully saturated rings. The van der Waals surface area contributed by atoms with Crippen LogP contribution in [-0.2, 0) is 31.8 Å². The molecule has 7 nitrogen and oxygen atoms in total. The first-order chi connectivity index (χ1) is 15.1. The summed E-state index contributed by atoms with van der Waals surface area (Å²) in [7, 11) is -3.61. The van der Waals surface area contributed by atoms with Crippen LogP contribution in [0.3, 0.4) is 0 Å². The van der Waals surface area contributed by atoms with Crippen LogP contribution >= 0.6 is 11.8 Å². The zero-order chi connectivity index (χ0) is 24.8. The van der Waals surface area contributed by atoms with Crippen molar-refractivity contribution in [3.05, 3.63) is 29.3 Å². The monoisotopic (exact) mass is 518 g/mol. The molecule has 15 heteroatoms. The summed E-state index contributed by atoms with van der Waals surface area (Å²) in [6.07, 6.45) is -11.0. The number of nitrogens with zero attached hydrogens (tertiary/aromatic N) is 2. The van der Waals surface area contributed by atoms with E-state index in [1.54, 1.807) is 0 Å². The molecule has 2 aliphatic heterocycles. The quantitative estimate of drug-likeness (QED) is 0.595. The molecule has 1 aromatic carbocycles. The highest BCUT2D eigenvalue weighted by atomic mass is 32.2. The van der Waals surface area contributed by atoms with Gasteiger partial charge in [-0.05, 0) is 24.6 Å². The number of sulfone groups is 1. The van der Waals surface area contributed by atoms with Gasteiger partial charge in [-0.1, -0.05) is 11.8 Å². The molecule has 2 saturated heterocycles. The second-order valence-corrected chi connectivity index (χ2v) is 10.8. The summed E-state index contributed by atoms with van der Waals surface area (Å²) in [4.78, 5) is 27.4. The van der Waals surface area contributed by atoms with Gasteiger partial charge in [0, 0.05) is 23.8 Å². The molecule has 1 amide bonds. The number of benzene rings is 1. The summed E-state index contributed by atoms with van der Waals surface area (Å²) in [5.41, 5.74) is -3.77. The molecular weight excluding hydrogens is 502 g/mol.